The Morgan fingerprint density at radius 2 is 1.69 bits per heavy atom. The molecule has 0 unspecified atom stereocenters. The van der Waals surface area contributed by atoms with Gasteiger partial charge in [0.1, 0.15) is 5.75 Å². The highest BCUT2D eigenvalue weighted by Crippen LogP contribution is 2.02. The summed E-state index contributed by atoms with van der Waals surface area (Å²) >= 11 is 4.14. The Hall–Kier alpha value is -0.620. The van der Waals surface area contributed by atoms with Crippen LogP contribution in [0.4, 0.5) is 0 Å². The van der Waals surface area contributed by atoms with E-state index in [4.69, 9.17) is 4.55 Å². The van der Waals surface area contributed by atoms with Crippen molar-refractivity contribution in [3.8, 4) is 0 Å². The molecule has 0 spiro atoms. The molecule has 0 bridgehead atoms. The van der Waals surface area contributed by atoms with Crippen molar-refractivity contribution in [2.24, 2.45) is 5.25 Å². The van der Waals surface area contributed by atoms with Gasteiger partial charge < -0.3 is 0 Å². The summed E-state index contributed by atoms with van der Waals surface area (Å²) in [6.07, 6.45) is 0. The highest BCUT2D eigenvalue weighted by molar-refractivity contribution is 7.85. The van der Waals surface area contributed by atoms with Crippen LogP contribution in [0.1, 0.15) is 5.56 Å². The molecule has 0 saturated carbocycles. The fourth-order valence-corrected chi connectivity index (χ4v) is 1.40. The van der Waals surface area contributed by atoms with Crippen LogP contribution in [-0.2, 0) is 15.9 Å². The molecule has 6 heteroatoms. The van der Waals surface area contributed by atoms with Crippen LogP contribution in [0.2, 0.25) is 0 Å². The molecule has 0 aliphatic rings. The van der Waals surface area contributed by atoms with Gasteiger partial charge in [-0.15, -0.1) is 0 Å². The van der Waals surface area contributed by atoms with E-state index < -0.39 is 10.1 Å². The third-order valence-corrected chi connectivity index (χ3v) is 1.89. The van der Waals surface area contributed by atoms with E-state index in [0.717, 1.165) is 0 Å². The molecule has 1 aromatic carbocycles. The maximum atomic E-state index is 10.4. The average Bonchev–Trinajstić information content (AvgIpc) is 2.07. The molecule has 0 aromatic heterocycles. The largest absolute Gasteiger partial charge is 0.285 e. The van der Waals surface area contributed by atoms with Crippen molar-refractivity contribution in [3.63, 3.8) is 0 Å². The lowest BCUT2D eigenvalue weighted by Gasteiger charge is -1.95. The molecule has 0 heterocycles. The second kappa shape index (κ2) is 5.93. The predicted octanol–water partition coefficient (Wildman–Crippen LogP) is 1.17. The van der Waals surface area contributed by atoms with Crippen molar-refractivity contribution < 1.29 is 13.0 Å². The van der Waals surface area contributed by atoms with Crippen LogP contribution in [0.5, 0.6) is 0 Å². The van der Waals surface area contributed by atoms with E-state index in [-0.39, 0.29) is 5.75 Å². The van der Waals surface area contributed by atoms with Gasteiger partial charge in [-0.3, -0.25) is 4.55 Å². The van der Waals surface area contributed by atoms with Crippen molar-refractivity contribution in [1.29, 1.82) is 0 Å². The number of benzene rings is 1. The van der Waals surface area contributed by atoms with Crippen LogP contribution >= 0.6 is 11.8 Å². The second-order valence-electron chi connectivity index (χ2n) is 2.21. The van der Waals surface area contributed by atoms with Crippen molar-refractivity contribution >= 4 is 21.9 Å². The number of hydrogen-bond acceptors (Lipinski definition) is 3. The third-order valence-electron chi connectivity index (χ3n) is 1.19. The van der Waals surface area contributed by atoms with Gasteiger partial charge in [0, 0.05) is 0 Å². The van der Waals surface area contributed by atoms with E-state index in [2.05, 4.69) is 17.0 Å². The van der Waals surface area contributed by atoms with E-state index >= 15 is 0 Å². The lowest BCUT2D eigenvalue weighted by molar-refractivity contribution is 0.482. The molecule has 4 nitrogen and oxygen atoms in total. The van der Waals surface area contributed by atoms with Crippen molar-refractivity contribution in [2.45, 2.75) is 5.75 Å². The smallest absolute Gasteiger partial charge is 0.269 e. The molecule has 0 amide bonds. The minimum Gasteiger partial charge on any atom is -0.285 e. The summed E-state index contributed by atoms with van der Waals surface area (Å²) in [7, 11) is -3.88. The Morgan fingerprint density at radius 1 is 1.23 bits per heavy atom. The Balaban J connectivity index is 0.000000671. The minimum atomic E-state index is -3.88. The van der Waals surface area contributed by atoms with Gasteiger partial charge in [0.15, 0.2) is 0 Å². The maximum Gasteiger partial charge on any atom is 0.269 e. The van der Waals surface area contributed by atoms with E-state index in [1.165, 1.54) is 0 Å². The van der Waals surface area contributed by atoms with Gasteiger partial charge in [0.2, 0.25) is 0 Å². The first-order valence-corrected chi connectivity index (χ1v) is 5.33. The lowest BCUT2D eigenvalue weighted by Crippen LogP contribution is -2.00. The Kier molecular flexibility index (Phi) is 5.65. The molecule has 0 aliphatic carbocycles. The summed E-state index contributed by atoms with van der Waals surface area (Å²) < 4.78 is 29.2. The van der Waals surface area contributed by atoms with Gasteiger partial charge in [0.25, 0.3) is 10.1 Å². The van der Waals surface area contributed by atoms with Crippen LogP contribution in [0.25, 0.3) is 0 Å². The number of rotatable bonds is 2. The summed E-state index contributed by atoms with van der Waals surface area (Å²) in [5.74, 6) is -0.312. The van der Waals surface area contributed by atoms with Gasteiger partial charge in [-0.05, 0) is 17.3 Å². The molecular formula is C7H10ClNO3S. The first-order chi connectivity index (χ1) is 6.08. The zero-order valence-electron chi connectivity index (χ0n) is 6.72. The predicted molar refractivity (Wildman–Crippen MR) is 51.7 cm³/mol. The fourth-order valence-electron chi connectivity index (χ4n) is 0.785. The number of nitrogens with two attached hydrogens (primary N) is 1. The average molecular weight is 224 g/mol. The zero-order valence-corrected chi connectivity index (χ0v) is 8.29. The summed E-state index contributed by atoms with van der Waals surface area (Å²) in [6.45, 7) is 0. The molecular weight excluding hydrogens is 214 g/mol. The summed E-state index contributed by atoms with van der Waals surface area (Å²) in [5, 5.41) is 3.97. The molecule has 1 aromatic rings. The first-order valence-electron chi connectivity index (χ1n) is 3.29. The molecule has 0 aliphatic heterocycles. The summed E-state index contributed by atoms with van der Waals surface area (Å²) in [4.78, 5) is 0. The van der Waals surface area contributed by atoms with Gasteiger partial charge in [-0.2, -0.15) is 8.42 Å². The fraction of sp³-hybridized carbons (Fsp3) is 0.143. The topological polar surface area (TPSA) is 80.4 Å². The van der Waals surface area contributed by atoms with Gasteiger partial charge in [-0.1, -0.05) is 30.3 Å². The van der Waals surface area contributed by atoms with Crippen LogP contribution in [0.15, 0.2) is 30.3 Å². The molecule has 0 fully saturated rings. The monoisotopic (exact) mass is 223 g/mol. The maximum absolute atomic E-state index is 10.4. The van der Waals surface area contributed by atoms with Crippen LogP contribution in [0, 0.1) is 0 Å². The minimum absolute atomic E-state index is 0.312. The van der Waals surface area contributed by atoms with E-state index in [0.29, 0.717) is 5.56 Å². The Morgan fingerprint density at radius 3 is 2.08 bits per heavy atom. The van der Waals surface area contributed by atoms with Gasteiger partial charge in [-0.25, -0.2) is 5.25 Å². The van der Waals surface area contributed by atoms with Crippen LogP contribution in [-0.4, -0.2) is 13.0 Å². The molecule has 74 valence electrons. The van der Waals surface area contributed by atoms with Gasteiger partial charge in [0.05, 0.1) is 0 Å². The van der Waals surface area contributed by atoms with Crippen LogP contribution in [0.3, 0.4) is 0 Å². The standard InChI is InChI=1S/C7H8O3S.ClH2N/c8-11(9,10)6-7-4-2-1-3-5-7;1-2/h1-5H,6H2,(H,8,9,10);2H2. The van der Waals surface area contributed by atoms with Gasteiger partial charge >= 0.3 is 0 Å². The SMILES string of the molecule is NCl.O=S(=O)(O)Cc1ccccc1. The number of hydrogen-bond donors (Lipinski definition) is 2. The molecule has 0 atom stereocenters. The molecule has 0 radical (unpaired) electrons. The molecule has 0 saturated heterocycles. The molecule has 1 rings (SSSR count). The van der Waals surface area contributed by atoms with Crippen molar-refractivity contribution in [3.05, 3.63) is 35.9 Å². The van der Waals surface area contributed by atoms with E-state index in [1.807, 2.05) is 0 Å². The Bertz CT molecular complexity index is 325. The number of halogens is 1. The zero-order chi connectivity index (χ0) is 10.3. The summed E-state index contributed by atoms with van der Waals surface area (Å²) in [5.41, 5.74) is 0.593. The van der Waals surface area contributed by atoms with Crippen LogP contribution < -0.4 is 5.25 Å². The highest BCUT2D eigenvalue weighted by atomic mass is 35.5. The van der Waals surface area contributed by atoms with Crippen molar-refractivity contribution in [1.82, 2.24) is 0 Å². The second-order valence-corrected chi connectivity index (χ2v) is 3.66. The first kappa shape index (κ1) is 12.4. The normalized spacial score (nSPS) is 10.1. The van der Waals surface area contributed by atoms with E-state index in [1.54, 1.807) is 30.3 Å². The lowest BCUT2D eigenvalue weighted by atomic mass is 10.2. The summed E-state index contributed by atoms with van der Waals surface area (Å²) in [6, 6.07) is 8.52. The third kappa shape index (κ3) is 6.53. The molecule has 13 heavy (non-hydrogen) atoms. The highest BCUT2D eigenvalue weighted by Gasteiger charge is 2.04. The van der Waals surface area contributed by atoms with Crippen molar-refractivity contribution in [2.75, 3.05) is 0 Å². The van der Waals surface area contributed by atoms with E-state index in [9.17, 15) is 8.42 Å². The quantitative estimate of drug-likeness (QED) is 0.583. The Labute approximate surface area is 82.2 Å². The molecule has 3 N–H and O–H groups in total.